The minimum absolute atomic E-state index is 0.0577. The smallest absolute Gasteiger partial charge is 0.234 e. The Labute approximate surface area is 117 Å². The molecule has 18 heavy (non-hydrogen) atoms. The molecular formula is C13H20BrN3O. The maximum absolute atomic E-state index is 11.5. The Morgan fingerprint density at radius 3 is 2.78 bits per heavy atom. The molecule has 0 bridgehead atoms. The van der Waals surface area contributed by atoms with Gasteiger partial charge in [0, 0.05) is 23.2 Å². The molecule has 1 rings (SSSR count). The summed E-state index contributed by atoms with van der Waals surface area (Å²) in [6.07, 6.45) is 0.956. The van der Waals surface area contributed by atoms with Gasteiger partial charge in [-0.2, -0.15) is 0 Å². The van der Waals surface area contributed by atoms with Crippen LogP contribution in [0.25, 0.3) is 0 Å². The lowest BCUT2D eigenvalue weighted by atomic mass is 10.2. The first-order valence-corrected chi connectivity index (χ1v) is 6.80. The van der Waals surface area contributed by atoms with E-state index in [0.29, 0.717) is 13.1 Å². The zero-order chi connectivity index (χ0) is 13.5. The molecule has 0 radical (unpaired) electrons. The molecule has 1 aromatic rings. The summed E-state index contributed by atoms with van der Waals surface area (Å²) in [5.41, 5.74) is 7.59. The molecule has 0 unspecified atom stereocenters. The molecular weight excluding hydrogens is 294 g/mol. The molecule has 0 fully saturated rings. The molecule has 4 nitrogen and oxygen atoms in total. The number of hydrogen-bond acceptors (Lipinski definition) is 3. The Morgan fingerprint density at radius 2 is 2.17 bits per heavy atom. The molecule has 5 heteroatoms. The summed E-state index contributed by atoms with van der Waals surface area (Å²) < 4.78 is 0.960. The summed E-state index contributed by atoms with van der Waals surface area (Å²) >= 11 is 3.41. The van der Waals surface area contributed by atoms with E-state index >= 15 is 0 Å². The highest BCUT2D eigenvalue weighted by Gasteiger charge is 2.07. The summed E-state index contributed by atoms with van der Waals surface area (Å²) in [7, 11) is 1.92. The number of amides is 1. The van der Waals surface area contributed by atoms with Crippen LogP contribution in [0.15, 0.2) is 22.7 Å². The van der Waals surface area contributed by atoms with Crippen molar-refractivity contribution >= 4 is 27.5 Å². The number of carbonyl (C=O) groups excluding carboxylic acids is 1. The number of likely N-dealkylation sites (N-methyl/N-ethyl adjacent to an activating group) is 1. The summed E-state index contributed by atoms with van der Waals surface area (Å²) in [6, 6.07) is 5.79. The number of nitrogen functional groups attached to an aromatic ring is 1. The van der Waals surface area contributed by atoms with E-state index in [-0.39, 0.29) is 5.91 Å². The summed E-state index contributed by atoms with van der Waals surface area (Å²) in [5.74, 6) is 0.0577. The minimum Gasteiger partial charge on any atom is -0.399 e. The molecule has 100 valence electrons. The number of nitrogens with zero attached hydrogens (tertiary/aromatic N) is 1. The lowest BCUT2D eigenvalue weighted by Gasteiger charge is -2.16. The normalized spacial score (nSPS) is 10.7. The van der Waals surface area contributed by atoms with Crippen molar-refractivity contribution in [3.8, 4) is 0 Å². The second-order valence-corrected chi connectivity index (χ2v) is 5.33. The lowest BCUT2D eigenvalue weighted by molar-refractivity contribution is -0.122. The Bertz CT molecular complexity index is 389. The second-order valence-electron chi connectivity index (χ2n) is 4.42. The molecule has 0 saturated heterocycles. The topological polar surface area (TPSA) is 58.4 Å². The predicted octanol–water partition coefficient (Wildman–Crippen LogP) is 1.99. The van der Waals surface area contributed by atoms with Gasteiger partial charge in [0.05, 0.1) is 6.54 Å². The van der Waals surface area contributed by atoms with E-state index in [0.717, 1.165) is 28.7 Å². The van der Waals surface area contributed by atoms with Crippen LogP contribution in [0.5, 0.6) is 0 Å². The van der Waals surface area contributed by atoms with Crippen LogP contribution < -0.4 is 11.1 Å². The first-order chi connectivity index (χ1) is 8.51. The summed E-state index contributed by atoms with van der Waals surface area (Å²) in [6.45, 7) is 3.86. The van der Waals surface area contributed by atoms with Gasteiger partial charge in [-0.25, -0.2) is 0 Å². The van der Waals surface area contributed by atoms with Gasteiger partial charge < -0.3 is 11.1 Å². The first-order valence-electron chi connectivity index (χ1n) is 6.01. The van der Waals surface area contributed by atoms with Crippen LogP contribution in [0.4, 0.5) is 5.69 Å². The van der Waals surface area contributed by atoms with Gasteiger partial charge in [-0.1, -0.05) is 22.9 Å². The molecule has 0 heterocycles. The van der Waals surface area contributed by atoms with E-state index in [2.05, 4.69) is 21.2 Å². The van der Waals surface area contributed by atoms with Gasteiger partial charge in [0.15, 0.2) is 0 Å². The van der Waals surface area contributed by atoms with Gasteiger partial charge in [0.1, 0.15) is 0 Å². The van der Waals surface area contributed by atoms with Crippen molar-refractivity contribution in [2.24, 2.45) is 0 Å². The molecule has 0 aliphatic carbocycles. The van der Waals surface area contributed by atoms with Crippen molar-refractivity contribution in [3.63, 3.8) is 0 Å². The molecule has 1 aromatic carbocycles. The molecule has 1 amide bonds. The Balaban J connectivity index is 2.48. The Morgan fingerprint density at radius 1 is 1.44 bits per heavy atom. The number of nitrogens with two attached hydrogens (primary N) is 1. The maximum Gasteiger partial charge on any atom is 0.234 e. The van der Waals surface area contributed by atoms with Gasteiger partial charge in [0.2, 0.25) is 5.91 Å². The van der Waals surface area contributed by atoms with E-state index in [9.17, 15) is 4.79 Å². The lowest BCUT2D eigenvalue weighted by Crippen LogP contribution is -2.35. The average Bonchev–Trinajstić information content (AvgIpc) is 2.24. The van der Waals surface area contributed by atoms with Crippen molar-refractivity contribution < 1.29 is 4.79 Å². The second kappa shape index (κ2) is 7.38. The number of anilines is 1. The number of nitrogens with one attached hydrogen (secondary N) is 1. The van der Waals surface area contributed by atoms with Crippen molar-refractivity contribution in [2.45, 2.75) is 19.9 Å². The third-order valence-electron chi connectivity index (χ3n) is 2.42. The third-order valence-corrected chi connectivity index (χ3v) is 2.88. The quantitative estimate of drug-likeness (QED) is 0.790. The van der Waals surface area contributed by atoms with Gasteiger partial charge in [-0.3, -0.25) is 9.69 Å². The molecule has 0 aliphatic rings. The number of carbonyl (C=O) groups is 1. The Hall–Kier alpha value is -1.07. The molecule has 0 saturated carbocycles. The number of rotatable bonds is 6. The van der Waals surface area contributed by atoms with Crippen LogP contribution in [0.1, 0.15) is 18.9 Å². The van der Waals surface area contributed by atoms with Crippen molar-refractivity contribution in [3.05, 3.63) is 28.2 Å². The fourth-order valence-electron chi connectivity index (χ4n) is 1.70. The third kappa shape index (κ3) is 5.51. The summed E-state index contributed by atoms with van der Waals surface area (Å²) in [5, 5.41) is 2.86. The van der Waals surface area contributed by atoms with Crippen LogP contribution in [0.2, 0.25) is 0 Å². The highest BCUT2D eigenvalue weighted by atomic mass is 79.9. The molecule has 3 N–H and O–H groups in total. The molecule has 0 aromatic heterocycles. The van der Waals surface area contributed by atoms with Gasteiger partial charge in [-0.15, -0.1) is 0 Å². The van der Waals surface area contributed by atoms with E-state index in [1.807, 2.05) is 37.1 Å². The van der Waals surface area contributed by atoms with E-state index in [4.69, 9.17) is 5.73 Å². The van der Waals surface area contributed by atoms with Crippen LogP contribution in [0.3, 0.4) is 0 Å². The van der Waals surface area contributed by atoms with Gasteiger partial charge in [0.25, 0.3) is 0 Å². The molecule has 0 spiro atoms. The average molecular weight is 314 g/mol. The monoisotopic (exact) mass is 313 g/mol. The Kier molecular flexibility index (Phi) is 6.15. The zero-order valence-electron chi connectivity index (χ0n) is 10.9. The van der Waals surface area contributed by atoms with Crippen LogP contribution in [-0.4, -0.2) is 30.9 Å². The summed E-state index contributed by atoms with van der Waals surface area (Å²) in [4.78, 5) is 13.5. The highest BCUT2D eigenvalue weighted by Crippen LogP contribution is 2.18. The van der Waals surface area contributed by atoms with E-state index < -0.39 is 0 Å². The predicted molar refractivity (Wildman–Crippen MR) is 78.2 cm³/mol. The van der Waals surface area contributed by atoms with Gasteiger partial charge >= 0.3 is 0 Å². The van der Waals surface area contributed by atoms with Crippen LogP contribution in [0, 0.1) is 0 Å². The fraction of sp³-hybridized carbons (Fsp3) is 0.462. The van der Waals surface area contributed by atoms with Crippen molar-refractivity contribution in [1.82, 2.24) is 10.2 Å². The van der Waals surface area contributed by atoms with Gasteiger partial charge in [-0.05, 0) is 37.2 Å². The van der Waals surface area contributed by atoms with E-state index in [1.165, 1.54) is 0 Å². The van der Waals surface area contributed by atoms with Crippen molar-refractivity contribution in [1.29, 1.82) is 0 Å². The first kappa shape index (κ1) is 15.0. The standard InChI is InChI=1S/C13H20BrN3O/c1-3-4-16-13(18)9-17(2)8-10-5-11(14)7-12(15)6-10/h5-7H,3-4,8-9,15H2,1-2H3,(H,16,18). The zero-order valence-corrected chi connectivity index (χ0v) is 12.5. The SMILES string of the molecule is CCCNC(=O)CN(C)Cc1cc(N)cc(Br)c1. The largest absolute Gasteiger partial charge is 0.399 e. The number of benzene rings is 1. The van der Waals surface area contributed by atoms with Crippen molar-refractivity contribution in [2.75, 3.05) is 25.9 Å². The number of hydrogen-bond donors (Lipinski definition) is 2. The van der Waals surface area contributed by atoms with Crippen LogP contribution >= 0.6 is 15.9 Å². The van der Waals surface area contributed by atoms with E-state index in [1.54, 1.807) is 0 Å². The molecule has 0 atom stereocenters. The fourth-order valence-corrected chi connectivity index (χ4v) is 2.26. The van der Waals surface area contributed by atoms with Crippen LogP contribution in [-0.2, 0) is 11.3 Å². The minimum atomic E-state index is 0.0577. The molecule has 0 aliphatic heterocycles. The number of halogens is 1. The highest BCUT2D eigenvalue weighted by molar-refractivity contribution is 9.10. The maximum atomic E-state index is 11.5.